The zero-order valence-electron chi connectivity index (χ0n) is 18.1. The number of aliphatic carboxylic acids is 1. The minimum Gasteiger partial charge on any atom is -0.481 e. The maximum atomic E-state index is 13.0. The van der Waals surface area contributed by atoms with E-state index in [0.717, 1.165) is 28.7 Å². The number of benzene rings is 2. The van der Waals surface area contributed by atoms with Gasteiger partial charge in [-0.05, 0) is 41.5 Å². The van der Waals surface area contributed by atoms with E-state index in [9.17, 15) is 14.4 Å². The lowest BCUT2D eigenvalue weighted by Gasteiger charge is -2.28. The van der Waals surface area contributed by atoms with E-state index in [1.807, 2.05) is 31.2 Å². The third kappa shape index (κ3) is 4.33. The molecule has 1 heterocycles. The average Bonchev–Trinajstić information content (AvgIpc) is 3.37. The van der Waals surface area contributed by atoms with Gasteiger partial charge in [0.1, 0.15) is 12.6 Å². The van der Waals surface area contributed by atoms with Gasteiger partial charge in [0.15, 0.2) is 0 Å². The molecule has 7 nitrogen and oxygen atoms in total. The van der Waals surface area contributed by atoms with Crippen LogP contribution in [0.1, 0.15) is 49.7 Å². The standard InChI is InChI=1S/C25H28N2O5/c1-2-22(24(30)27-13-7-8-16(27)14-23(28)29)26-25(31)32-15-21-19-11-5-3-9-17(19)18-10-4-6-12-20(18)21/h3-6,9-12,16,21-22H,2,7-8,13-15H2,1H3,(H,26,31)(H,28,29)/t16?,22-/m0/s1. The molecule has 1 unspecified atom stereocenters. The molecule has 168 valence electrons. The van der Waals surface area contributed by atoms with Crippen molar-refractivity contribution in [2.24, 2.45) is 0 Å². The molecule has 32 heavy (non-hydrogen) atoms. The van der Waals surface area contributed by atoms with Crippen molar-refractivity contribution in [3.05, 3.63) is 59.7 Å². The fourth-order valence-electron chi connectivity index (χ4n) is 4.86. The van der Waals surface area contributed by atoms with Crippen molar-refractivity contribution in [1.82, 2.24) is 10.2 Å². The summed E-state index contributed by atoms with van der Waals surface area (Å²) in [5.74, 6) is -1.22. The minimum absolute atomic E-state index is 0.0533. The molecule has 0 spiro atoms. The van der Waals surface area contributed by atoms with Crippen LogP contribution < -0.4 is 5.32 Å². The highest BCUT2D eigenvalue weighted by molar-refractivity contribution is 5.86. The Balaban J connectivity index is 1.39. The van der Waals surface area contributed by atoms with Crippen molar-refractivity contribution in [3.8, 4) is 11.1 Å². The number of carbonyl (C=O) groups excluding carboxylic acids is 2. The van der Waals surface area contributed by atoms with Crippen LogP contribution >= 0.6 is 0 Å². The quantitative estimate of drug-likeness (QED) is 0.689. The van der Waals surface area contributed by atoms with E-state index in [-0.39, 0.29) is 30.9 Å². The number of ether oxygens (including phenoxy) is 1. The number of amides is 2. The lowest BCUT2D eigenvalue weighted by molar-refractivity contribution is -0.140. The summed E-state index contributed by atoms with van der Waals surface area (Å²) in [6.45, 7) is 2.50. The van der Waals surface area contributed by atoms with Gasteiger partial charge in [0.25, 0.3) is 0 Å². The summed E-state index contributed by atoms with van der Waals surface area (Å²) in [7, 11) is 0. The smallest absolute Gasteiger partial charge is 0.407 e. The molecule has 2 amide bonds. The molecule has 0 bridgehead atoms. The topological polar surface area (TPSA) is 95.9 Å². The fourth-order valence-corrected chi connectivity index (χ4v) is 4.86. The number of nitrogens with one attached hydrogen (secondary N) is 1. The van der Waals surface area contributed by atoms with Gasteiger partial charge in [-0.2, -0.15) is 0 Å². The number of hydrogen-bond donors (Lipinski definition) is 2. The number of alkyl carbamates (subject to hydrolysis) is 1. The van der Waals surface area contributed by atoms with Crippen molar-refractivity contribution >= 4 is 18.0 Å². The molecular formula is C25H28N2O5. The van der Waals surface area contributed by atoms with E-state index < -0.39 is 18.1 Å². The lowest BCUT2D eigenvalue weighted by atomic mass is 9.98. The molecule has 4 rings (SSSR count). The van der Waals surface area contributed by atoms with Gasteiger partial charge in [0.2, 0.25) is 5.91 Å². The van der Waals surface area contributed by atoms with Gasteiger partial charge in [-0.3, -0.25) is 9.59 Å². The maximum absolute atomic E-state index is 13.0. The number of carbonyl (C=O) groups is 3. The molecule has 0 radical (unpaired) electrons. The number of rotatable bonds is 7. The van der Waals surface area contributed by atoms with Gasteiger partial charge in [-0.15, -0.1) is 0 Å². The molecule has 1 fully saturated rings. The monoisotopic (exact) mass is 436 g/mol. The van der Waals surface area contributed by atoms with Crippen LogP contribution in [0.5, 0.6) is 0 Å². The van der Waals surface area contributed by atoms with E-state index >= 15 is 0 Å². The molecule has 2 N–H and O–H groups in total. The first-order valence-corrected chi connectivity index (χ1v) is 11.1. The average molecular weight is 437 g/mol. The maximum Gasteiger partial charge on any atom is 0.407 e. The molecule has 0 saturated carbocycles. The highest BCUT2D eigenvalue weighted by Crippen LogP contribution is 2.44. The Hall–Kier alpha value is -3.35. The SMILES string of the molecule is CC[C@H](NC(=O)OCC1c2ccccc2-c2ccccc21)C(=O)N1CCCC1CC(=O)O. The number of carboxylic acid groups (broad SMARTS) is 1. The number of carboxylic acids is 1. The molecule has 1 saturated heterocycles. The molecule has 0 aromatic heterocycles. The van der Waals surface area contributed by atoms with Crippen molar-refractivity contribution < 1.29 is 24.2 Å². The predicted octanol–water partition coefficient (Wildman–Crippen LogP) is 3.77. The summed E-state index contributed by atoms with van der Waals surface area (Å²) >= 11 is 0. The highest BCUT2D eigenvalue weighted by atomic mass is 16.5. The van der Waals surface area contributed by atoms with Crippen molar-refractivity contribution in [1.29, 1.82) is 0 Å². The van der Waals surface area contributed by atoms with Crippen LogP contribution in [-0.4, -0.2) is 53.2 Å². The van der Waals surface area contributed by atoms with Gasteiger partial charge in [-0.1, -0.05) is 55.5 Å². The van der Waals surface area contributed by atoms with E-state index in [0.29, 0.717) is 19.4 Å². The molecule has 7 heteroatoms. The first-order valence-electron chi connectivity index (χ1n) is 11.1. The summed E-state index contributed by atoms with van der Waals surface area (Å²) < 4.78 is 5.56. The largest absolute Gasteiger partial charge is 0.481 e. The normalized spacial score (nSPS) is 18.0. The van der Waals surface area contributed by atoms with Gasteiger partial charge in [0.05, 0.1) is 6.42 Å². The fraction of sp³-hybridized carbons (Fsp3) is 0.400. The van der Waals surface area contributed by atoms with Crippen LogP contribution in [0, 0.1) is 0 Å². The molecule has 2 aromatic carbocycles. The van der Waals surface area contributed by atoms with Crippen LogP contribution in [0.15, 0.2) is 48.5 Å². The Labute approximate surface area is 187 Å². The van der Waals surface area contributed by atoms with Crippen molar-refractivity contribution in [2.75, 3.05) is 13.2 Å². The molecular weight excluding hydrogens is 408 g/mol. The zero-order valence-corrected chi connectivity index (χ0v) is 18.1. The second-order valence-electron chi connectivity index (χ2n) is 8.36. The van der Waals surface area contributed by atoms with E-state index in [1.165, 1.54) is 0 Å². The van der Waals surface area contributed by atoms with Crippen LogP contribution in [-0.2, 0) is 14.3 Å². The first-order chi connectivity index (χ1) is 15.5. The van der Waals surface area contributed by atoms with Crippen LogP contribution in [0.3, 0.4) is 0 Å². The summed E-state index contributed by atoms with van der Waals surface area (Å²) in [6.07, 6.45) is 1.12. The number of fused-ring (bicyclic) bond motifs is 3. The Bertz CT molecular complexity index is 975. The Morgan fingerprint density at radius 1 is 1.09 bits per heavy atom. The summed E-state index contributed by atoms with van der Waals surface area (Å²) in [6, 6.07) is 15.1. The molecule has 2 atom stereocenters. The number of hydrogen-bond acceptors (Lipinski definition) is 4. The summed E-state index contributed by atoms with van der Waals surface area (Å²) in [4.78, 5) is 38.2. The molecule has 2 aliphatic rings. The second-order valence-corrected chi connectivity index (χ2v) is 8.36. The van der Waals surface area contributed by atoms with Crippen molar-refractivity contribution in [2.45, 2.75) is 50.6 Å². The van der Waals surface area contributed by atoms with E-state index in [4.69, 9.17) is 9.84 Å². The zero-order chi connectivity index (χ0) is 22.7. The number of nitrogens with zero attached hydrogens (tertiary/aromatic N) is 1. The molecule has 2 aromatic rings. The van der Waals surface area contributed by atoms with Crippen molar-refractivity contribution in [3.63, 3.8) is 0 Å². The molecule has 1 aliphatic heterocycles. The van der Waals surface area contributed by atoms with Gasteiger partial charge in [-0.25, -0.2) is 4.79 Å². The second kappa shape index (κ2) is 9.42. The number of likely N-dealkylation sites (tertiary alicyclic amines) is 1. The van der Waals surface area contributed by atoms with Gasteiger partial charge < -0.3 is 20.1 Å². The van der Waals surface area contributed by atoms with Crippen LogP contribution in [0.4, 0.5) is 4.79 Å². The van der Waals surface area contributed by atoms with Gasteiger partial charge >= 0.3 is 12.1 Å². The van der Waals surface area contributed by atoms with E-state index in [2.05, 4.69) is 29.6 Å². The molecule has 1 aliphatic carbocycles. The Morgan fingerprint density at radius 2 is 1.72 bits per heavy atom. The predicted molar refractivity (Wildman–Crippen MR) is 119 cm³/mol. The lowest BCUT2D eigenvalue weighted by Crippen LogP contribution is -2.50. The van der Waals surface area contributed by atoms with Gasteiger partial charge in [0, 0.05) is 18.5 Å². The Morgan fingerprint density at radius 3 is 2.31 bits per heavy atom. The minimum atomic E-state index is -0.924. The first kappa shape index (κ1) is 21.9. The summed E-state index contributed by atoms with van der Waals surface area (Å²) in [5.41, 5.74) is 4.55. The summed E-state index contributed by atoms with van der Waals surface area (Å²) in [5, 5.41) is 11.8. The van der Waals surface area contributed by atoms with Crippen LogP contribution in [0.2, 0.25) is 0 Å². The Kier molecular flexibility index (Phi) is 6.44. The third-order valence-electron chi connectivity index (χ3n) is 6.41. The third-order valence-corrected chi connectivity index (χ3v) is 6.41. The highest BCUT2D eigenvalue weighted by Gasteiger charge is 2.35. The van der Waals surface area contributed by atoms with E-state index in [1.54, 1.807) is 4.90 Å². The van der Waals surface area contributed by atoms with Crippen LogP contribution in [0.25, 0.3) is 11.1 Å².